The third-order valence-electron chi connectivity index (χ3n) is 5.31. The second-order valence-corrected chi connectivity index (χ2v) is 8.41. The van der Waals surface area contributed by atoms with E-state index in [1.54, 1.807) is 36.4 Å². The summed E-state index contributed by atoms with van der Waals surface area (Å²) in [6.45, 7) is 4.27. The van der Waals surface area contributed by atoms with E-state index in [4.69, 9.17) is 25.8 Å². The van der Waals surface area contributed by atoms with Crippen molar-refractivity contribution in [2.24, 2.45) is 0 Å². The molecular weight excluding hydrogens is 422 g/mol. The molecule has 164 valence electrons. The first kappa shape index (κ1) is 21.7. The fourth-order valence-electron chi connectivity index (χ4n) is 3.97. The third kappa shape index (κ3) is 4.57. The monoisotopic (exact) mass is 445 g/mol. The van der Waals surface area contributed by atoms with Gasteiger partial charge in [-0.05, 0) is 38.1 Å². The summed E-state index contributed by atoms with van der Waals surface area (Å²) in [6, 6.07) is 12.2. The van der Waals surface area contributed by atoms with Crippen LogP contribution in [0.3, 0.4) is 0 Å². The van der Waals surface area contributed by atoms with E-state index in [0.29, 0.717) is 5.56 Å². The molecule has 2 N–H and O–H groups in total. The number of halogens is 1. The van der Waals surface area contributed by atoms with Crippen LogP contribution >= 0.6 is 11.6 Å². The molecule has 9 heteroatoms. The van der Waals surface area contributed by atoms with E-state index in [1.165, 1.54) is 6.20 Å². The number of benzene rings is 1. The van der Waals surface area contributed by atoms with Crippen LogP contribution in [0.5, 0.6) is 0 Å². The zero-order valence-corrected chi connectivity index (χ0v) is 18.0. The highest BCUT2D eigenvalue weighted by Gasteiger charge is 2.61. The number of rotatable bonds is 6. The topological polar surface area (TPSA) is 98.8 Å². The molecule has 0 bridgehead atoms. The molecule has 2 saturated heterocycles. The summed E-state index contributed by atoms with van der Waals surface area (Å²) >= 11 is 6.00. The molecule has 2 aliphatic heterocycles. The lowest BCUT2D eigenvalue weighted by atomic mass is 9.96. The smallest absolute Gasteiger partial charge is 0.254 e. The van der Waals surface area contributed by atoms with E-state index in [0.717, 1.165) is 0 Å². The van der Waals surface area contributed by atoms with E-state index >= 15 is 0 Å². The summed E-state index contributed by atoms with van der Waals surface area (Å²) in [5.74, 6) is -1.40. The Labute approximate surface area is 185 Å². The highest BCUT2D eigenvalue weighted by molar-refractivity contribution is 6.32. The Morgan fingerprint density at radius 1 is 1.13 bits per heavy atom. The van der Waals surface area contributed by atoms with Crippen molar-refractivity contribution in [2.75, 3.05) is 19.7 Å². The second kappa shape index (κ2) is 8.55. The molecule has 2 aromatic rings. The first-order valence-electron chi connectivity index (χ1n) is 10.0. The predicted molar refractivity (Wildman–Crippen MR) is 113 cm³/mol. The van der Waals surface area contributed by atoms with Crippen molar-refractivity contribution in [1.29, 1.82) is 0 Å². The lowest BCUT2D eigenvalue weighted by Gasteiger charge is -2.27. The molecule has 2 amide bonds. The van der Waals surface area contributed by atoms with Gasteiger partial charge in [-0.25, -0.2) is 4.98 Å². The molecule has 3 atom stereocenters. The van der Waals surface area contributed by atoms with Gasteiger partial charge in [-0.2, -0.15) is 0 Å². The zero-order chi connectivity index (χ0) is 22.1. The fourth-order valence-corrected chi connectivity index (χ4v) is 4.17. The molecule has 2 aliphatic rings. The molecule has 0 aliphatic carbocycles. The van der Waals surface area contributed by atoms with Crippen molar-refractivity contribution in [3.05, 3.63) is 64.9 Å². The van der Waals surface area contributed by atoms with Gasteiger partial charge in [0.05, 0.1) is 18.7 Å². The van der Waals surface area contributed by atoms with Crippen LogP contribution in [0.2, 0.25) is 5.15 Å². The predicted octanol–water partition coefficient (Wildman–Crippen LogP) is 2.18. The van der Waals surface area contributed by atoms with Crippen LogP contribution in [0.25, 0.3) is 0 Å². The third-order valence-corrected chi connectivity index (χ3v) is 5.61. The largest absolute Gasteiger partial charge is 0.370 e. The maximum Gasteiger partial charge on any atom is 0.254 e. The van der Waals surface area contributed by atoms with Gasteiger partial charge in [0.25, 0.3) is 11.8 Å². The SMILES string of the molecule is CC1(C)O[C@@H]2[C@@H](CNC(=O)c3cccnc3Cl)OC[C@]2(CNC(=O)c2ccccc2)O1. The molecule has 1 aromatic carbocycles. The maximum absolute atomic E-state index is 12.5. The average molecular weight is 446 g/mol. The van der Waals surface area contributed by atoms with Crippen molar-refractivity contribution >= 4 is 23.4 Å². The summed E-state index contributed by atoms with van der Waals surface area (Å²) in [4.78, 5) is 28.9. The van der Waals surface area contributed by atoms with Crippen LogP contribution in [-0.4, -0.2) is 60.1 Å². The van der Waals surface area contributed by atoms with Gasteiger partial charge in [-0.1, -0.05) is 29.8 Å². The van der Waals surface area contributed by atoms with Gasteiger partial charge < -0.3 is 24.8 Å². The van der Waals surface area contributed by atoms with Crippen LogP contribution in [-0.2, 0) is 14.2 Å². The quantitative estimate of drug-likeness (QED) is 0.661. The number of carbonyl (C=O) groups excluding carboxylic acids is 2. The molecule has 0 radical (unpaired) electrons. The summed E-state index contributed by atoms with van der Waals surface area (Å²) in [6.07, 6.45) is 0.598. The van der Waals surface area contributed by atoms with Gasteiger partial charge >= 0.3 is 0 Å². The first-order chi connectivity index (χ1) is 14.8. The molecule has 31 heavy (non-hydrogen) atoms. The molecule has 0 unspecified atom stereocenters. The fraction of sp³-hybridized carbons (Fsp3) is 0.409. The van der Waals surface area contributed by atoms with Gasteiger partial charge in [-0.3, -0.25) is 9.59 Å². The van der Waals surface area contributed by atoms with E-state index < -0.39 is 23.6 Å². The Kier molecular flexibility index (Phi) is 5.98. The Balaban J connectivity index is 1.42. The Morgan fingerprint density at radius 2 is 1.90 bits per heavy atom. The van der Waals surface area contributed by atoms with E-state index in [9.17, 15) is 9.59 Å². The van der Waals surface area contributed by atoms with Crippen molar-refractivity contribution in [2.45, 2.75) is 37.4 Å². The number of amides is 2. The maximum atomic E-state index is 12.5. The van der Waals surface area contributed by atoms with Gasteiger partial charge in [0.2, 0.25) is 0 Å². The minimum absolute atomic E-state index is 0.131. The number of aromatic nitrogens is 1. The molecule has 2 fully saturated rings. The number of pyridine rings is 1. The lowest BCUT2D eigenvalue weighted by molar-refractivity contribution is -0.188. The van der Waals surface area contributed by atoms with E-state index in [2.05, 4.69) is 15.6 Å². The number of carbonyl (C=O) groups is 2. The van der Waals surface area contributed by atoms with Crippen molar-refractivity contribution in [1.82, 2.24) is 15.6 Å². The lowest BCUT2D eigenvalue weighted by Crippen LogP contribution is -2.52. The zero-order valence-electron chi connectivity index (χ0n) is 17.3. The molecule has 3 heterocycles. The van der Waals surface area contributed by atoms with Crippen molar-refractivity contribution < 1.29 is 23.8 Å². The Morgan fingerprint density at radius 3 is 2.65 bits per heavy atom. The van der Waals surface area contributed by atoms with Crippen LogP contribution in [0, 0.1) is 0 Å². The summed E-state index contributed by atoms with van der Waals surface area (Å²) in [5, 5.41) is 5.87. The number of nitrogens with one attached hydrogen (secondary N) is 2. The van der Waals surface area contributed by atoms with Crippen LogP contribution < -0.4 is 10.6 Å². The van der Waals surface area contributed by atoms with Crippen LogP contribution in [0.1, 0.15) is 34.6 Å². The number of nitrogens with zero attached hydrogens (tertiary/aromatic N) is 1. The number of fused-ring (bicyclic) bond motifs is 1. The molecule has 4 rings (SSSR count). The molecule has 8 nitrogen and oxygen atoms in total. The minimum atomic E-state index is -0.852. The molecule has 1 aromatic heterocycles. The van der Waals surface area contributed by atoms with Crippen molar-refractivity contribution in [3.63, 3.8) is 0 Å². The number of ether oxygens (including phenoxy) is 3. The second-order valence-electron chi connectivity index (χ2n) is 8.06. The standard InChI is InChI=1S/C22H24ClN3O5/c1-21(2)30-17-16(11-25-20(28)15-9-6-10-24-18(15)23)29-13-22(17,31-21)12-26-19(27)14-7-4-3-5-8-14/h3-10,16-17H,11-13H2,1-2H3,(H,25,28)(H,26,27)/t16-,17-,22+/m1/s1. The normalized spacial score (nSPS) is 26.3. The van der Waals surface area contributed by atoms with Gasteiger partial charge in [0.15, 0.2) is 5.79 Å². The van der Waals surface area contributed by atoms with E-state index in [1.807, 2.05) is 19.9 Å². The Hall–Kier alpha value is -2.52. The molecule has 0 saturated carbocycles. The highest BCUT2D eigenvalue weighted by Crippen LogP contribution is 2.43. The average Bonchev–Trinajstić information content (AvgIpc) is 3.21. The molecular formula is C22H24ClN3O5. The number of hydrogen-bond donors (Lipinski definition) is 2. The minimum Gasteiger partial charge on any atom is -0.370 e. The number of hydrogen-bond acceptors (Lipinski definition) is 6. The van der Waals surface area contributed by atoms with Crippen molar-refractivity contribution in [3.8, 4) is 0 Å². The van der Waals surface area contributed by atoms with Gasteiger partial charge in [0, 0.05) is 18.3 Å². The Bertz CT molecular complexity index is 971. The summed E-state index contributed by atoms with van der Waals surface area (Å²) < 4.78 is 18.2. The first-order valence-corrected chi connectivity index (χ1v) is 10.4. The van der Waals surface area contributed by atoms with Gasteiger partial charge in [-0.15, -0.1) is 0 Å². The summed E-state index contributed by atoms with van der Waals surface area (Å²) in [7, 11) is 0. The molecule has 0 spiro atoms. The van der Waals surface area contributed by atoms with E-state index in [-0.39, 0.29) is 42.2 Å². The highest BCUT2D eigenvalue weighted by atomic mass is 35.5. The van der Waals surface area contributed by atoms with Crippen LogP contribution in [0.15, 0.2) is 48.7 Å². The summed E-state index contributed by atoms with van der Waals surface area (Å²) in [5.41, 5.74) is -0.00730. The van der Waals surface area contributed by atoms with Crippen LogP contribution in [0.4, 0.5) is 0 Å². The van der Waals surface area contributed by atoms with Gasteiger partial charge in [0.1, 0.15) is 23.0 Å².